The number of esters is 1. The first-order valence-electron chi connectivity index (χ1n) is 6.45. The van der Waals surface area contributed by atoms with Crippen molar-refractivity contribution in [3.8, 4) is 0 Å². The smallest absolute Gasteiger partial charge is 0.340 e. The van der Waals surface area contributed by atoms with E-state index in [2.05, 4.69) is 22.0 Å². The van der Waals surface area contributed by atoms with Crippen LogP contribution in [-0.2, 0) is 11.3 Å². The Labute approximate surface area is 132 Å². The Bertz CT molecular complexity index is 658. The highest BCUT2D eigenvalue weighted by atomic mass is 79.9. The molecule has 0 aliphatic heterocycles. The second-order valence-electron chi connectivity index (χ2n) is 4.71. The molecular formula is C16H17BrN2O2. The third kappa shape index (κ3) is 3.55. The van der Waals surface area contributed by atoms with Crippen molar-refractivity contribution < 1.29 is 9.53 Å². The minimum Gasteiger partial charge on any atom is -0.465 e. The average Bonchev–Trinajstić information content (AvgIpc) is 2.49. The third-order valence-electron chi connectivity index (χ3n) is 3.25. The van der Waals surface area contributed by atoms with Gasteiger partial charge in [-0.1, -0.05) is 34.1 Å². The van der Waals surface area contributed by atoms with Crippen LogP contribution >= 0.6 is 15.9 Å². The number of methoxy groups -OCH3 is 1. The number of benzene rings is 2. The van der Waals surface area contributed by atoms with Gasteiger partial charge in [-0.15, -0.1) is 0 Å². The number of rotatable bonds is 4. The zero-order chi connectivity index (χ0) is 15.4. The van der Waals surface area contributed by atoms with Crippen LogP contribution in [0.15, 0.2) is 46.9 Å². The van der Waals surface area contributed by atoms with E-state index in [-0.39, 0.29) is 0 Å². The van der Waals surface area contributed by atoms with Crippen molar-refractivity contribution in [2.75, 3.05) is 24.8 Å². The van der Waals surface area contributed by atoms with E-state index in [1.54, 1.807) is 12.1 Å². The van der Waals surface area contributed by atoms with E-state index < -0.39 is 5.97 Å². The molecule has 0 saturated carbocycles. The maximum atomic E-state index is 11.7. The summed E-state index contributed by atoms with van der Waals surface area (Å²) in [5.41, 5.74) is 8.68. The van der Waals surface area contributed by atoms with Gasteiger partial charge in [-0.2, -0.15) is 0 Å². The minimum absolute atomic E-state index is 0.383. The van der Waals surface area contributed by atoms with E-state index in [0.717, 1.165) is 15.7 Å². The molecule has 110 valence electrons. The highest BCUT2D eigenvalue weighted by Gasteiger charge is 2.13. The Balaban J connectivity index is 2.25. The summed E-state index contributed by atoms with van der Waals surface area (Å²) in [6.45, 7) is 0.714. The molecule has 0 saturated heterocycles. The molecule has 0 amide bonds. The van der Waals surface area contributed by atoms with Crippen molar-refractivity contribution in [3.63, 3.8) is 0 Å². The van der Waals surface area contributed by atoms with Gasteiger partial charge in [0.25, 0.3) is 0 Å². The lowest BCUT2D eigenvalue weighted by Gasteiger charge is -2.21. The number of hydrogen-bond donors (Lipinski definition) is 1. The fraction of sp³-hybridized carbons (Fsp3) is 0.188. The highest BCUT2D eigenvalue weighted by molar-refractivity contribution is 9.10. The van der Waals surface area contributed by atoms with Gasteiger partial charge in [0, 0.05) is 29.4 Å². The molecule has 0 atom stereocenters. The van der Waals surface area contributed by atoms with Gasteiger partial charge in [0.05, 0.1) is 12.7 Å². The van der Waals surface area contributed by atoms with Crippen molar-refractivity contribution in [1.29, 1.82) is 0 Å². The summed E-state index contributed by atoms with van der Waals surface area (Å²) in [7, 11) is 3.31. The van der Waals surface area contributed by atoms with E-state index in [9.17, 15) is 4.79 Å². The fourth-order valence-electron chi connectivity index (χ4n) is 2.04. The van der Waals surface area contributed by atoms with E-state index >= 15 is 0 Å². The molecule has 0 bridgehead atoms. The molecule has 2 aromatic carbocycles. The summed E-state index contributed by atoms with van der Waals surface area (Å²) in [6, 6.07) is 13.4. The van der Waals surface area contributed by atoms with E-state index in [0.29, 0.717) is 17.8 Å². The summed E-state index contributed by atoms with van der Waals surface area (Å²) in [5, 5.41) is 0. The van der Waals surface area contributed by atoms with Crippen LogP contribution in [0.2, 0.25) is 0 Å². The summed E-state index contributed by atoms with van der Waals surface area (Å²) in [4.78, 5) is 13.7. The number of halogens is 1. The second kappa shape index (κ2) is 6.63. The lowest BCUT2D eigenvalue weighted by molar-refractivity contribution is 0.0602. The highest BCUT2D eigenvalue weighted by Crippen LogP contribution is 2.24. The van der Waals surface area contributed by atoms with Crippen molar-refractivity contribution in [2.24, 2.45) is 0 Å². The van der Waals surface area contributed by atoms with Crippen LogP contribution < -0.4 is 10.6 Å². The van der Waals surface area contributed by atoms with Gasteiger partial charge in [0.1, 0.15) is 0 Å². The SMILES string of the molecule is COC(=O)c1cc(N(C)Cc2ccccc2Br)ccc1N. The molecule has 0 fully saturated rings. The van der Waals surface area contributed by atoms with Crippen LogP contribution in [-0.4, -0.2) is 20.1 Å². The zero-order valence-corrected chi connectivity index (χ0v) is 13.6. The lowest BCUT2D eigenvalue weighted by Crippen LogP contribution is -2.17. The van der Waals surface area contributed by atoms with Crippen LogP contribution in [0.4, 0.5) is 11.4 Å². The molecule has 0 aliphatic carbocycles. The Morgan fingerprint density at radius 2 is 2.00 bits per heavy atom. The molecule has 0 aliphatic rings. The summed E-state index contributed by atoms with van der Waals surface area (Å²) >= 11 is 3.54. The molecule has 0 heterocycles. The van der Waals surface area contributed by atoms with Crippen LogP contribution in [0, 0.1) is 0 Å². The number of nitrogens with zero attached hydrogens (tertiary/aromatic N) is 1. The Kier molecular flexibility index (Phi) is 4.85. The van der Waals surface area contributed by atoms with Crippen LogP contribution in [0.5, 0.6) is 0 Å². The molecule has 2 N–H and O–H groups in total. The summed E-state index contributed by atoms with van der Waals surface area (Å²) < 4.78 is 5.80. The number of carbonyl (C=O) groups is 1. The third-order valence-corrected chi connectivity index (χ3v) is 4.02. The topological polar surface area (TPSA) is 55.6 Å². The number of ether oxygens (including phenoxy) is 1. The van der Waals surface area contributed by atoms with E-state index in [1.807, 2.05) is 36.2 Å². The first-order valence-corrected chi connectivity index (χ1v) is 7.24. The van der Waals surface area contributed by atoms with Gasteiger partial charge in [-0.25, -0.2) is 4.79 Å². The fourth-order valence-corrected chi connectivity index (χ4v) is 2.45. The molecule has 2 aromatic rings. The van der Waals surface area contributed by atoms with Crippen molar-refractivity contribution in [1.82, 2.24) is 0 Å². The van der Waals surface area contributed by atoms with Gasteiger partial charge in [-0.3, -0.25) is 0 Å². The number of hydrogen-bond acceptors (Lipinski definition) is 4. The van der Waals surface area contributed by atoms with Gasteiger partial charge in [0.15, 0.2) is 0 Å². The predicted octanol–water partition coefficient (Wildman–Crippen LogP) is 3.45. The number of anilines is 2. The predicted molar refractivity (Wildman–Crippen MR) is 88.4 cm³/mol. The normalized spacial score (nSPS) is 10.2. The molecule has 0 spiro atoms. The lowest BCUT2D eigenvalue weighted by atomic mass is 10.1. The maximum Gasteiger partial charge on any atom is 0.340 e. The van der Waals surface area contributed by atoms with Crippen molar-refractivity contribution >= 4 is 33.3 Å². The van der Waals surface area contributed by atoms with E-state index in [4.69, 9.17) is 10.5 Å². The largest absolute Gasteiger partial charge is 0.465 e. The van der Waals surface area contributed by atoms with Crippen LogP contribution in [0.25, 0.3) is 0 Å². The van der Waals surface area contributed by atoms with Crippen molar-refractivity contribution in [2.45, 2.75) is 6.54 Å². The maximum absolute atomic E-state index is 11.7. The summed E-state index contributed by atoms with van der Waals surface area (Å²) in [5.74, 6) is -0.427. The van der Waals surface area contributed by atoms with Gasteiger partial charge >= 0.3 is 5.97 Å². The zero-order valence-electron chi connectivity index (χ0n) is 12.0. The summed E-state index contributed by atoms with van der Waals surface area (Å²) in [6.07, 6.45) is 0. The first kappa shape index (κ1) is 15.4. The molecular weight excluding hydrogens is 332 g/mol. The number of nitrogens with two attached hydrogens (primary N) is 1. The Morgan fingerprint density at radius 3 is 2.67 bits per heavy atom. The average molecular weight is 349 g/mol. The molecule has 0 unspecified atom stereocenters. The van der Waals surface area contributed by atoms with Gasteiger partial charge in [0.2, 0.25) is 0 Å². The minimum atomic E-state index is -0.427. The van der Waals surface area contributed by atoms with Crippen LogP contribution in [0.1, 0.15) is 15.9 Å². The standard InChI is InChI=1S/C16H17BrN2O2/c1-19(10-11-5-3-4-6-14(11)17)12-7-8-15(18)13(9-12)16(20)21-2/h3-9H,10,18H2,1-2H3. The van der Waals surface area contributed by atoms with E-state index in [1.165, 1.54) is 7.11 Å². The molecule has 5 heteroatoms. The molecule has 0 aromatic heterocycles. The second-order valence-corrected chi connectivity index (χ2v) is 5.56. The molecule has 21 heavy (non-hydrogen) atoms. The van der Waals surface area contributed by atoms with Crippen molar-refractivity contribution in [3.05, 3.63) is 58.1 Å². The molecule has 2 rings (SSSR count). The first-order chi connectivity index (χ1) is 10.0. The molecule has 4 nitrogen and oxygen atoms in total. The monoisotopic (exact) mass is 348 g/mol. The number of carbonyl (C=O) groups excluding carboxylic acids is 1. The van der Waals surface area contributed by atoms with Crippen LogP contribution in [0.3, 0.4) is 0 Å². The van der Waals surface area contributed by atoms with Gasteiger partial charge < -0.3 is 15.4 Å². The quantitative estimate of drug-likeness (QED) is 0.679. The Morgan fingerprint density at radius 1 is 1.29 bits per heavy atom. The molecule has 0 radical (unpaired) electrons. The number of nitrogen functional groups attached to an aromatic ring is 1. The Hall–Kier alpha value is -2.01. The van der Waals surface area contributed by atoms with Gasteiger partial charge in [-0.05, 0) is 29.8 Å².